The number of aromatic nitrogens is 2. The van der Waals surface area contributed by atoms with Crippen molar-refractivity contribution in [2.75, 3.05) is 26.6 Å². The van der Waals surface area contributed by atoms with E-state index in [4.69, 9.17) is 19.2 Å². The maximum Gasteiger partial charge on any atom is 0.263 e. The number of nitrogens with zero attached hydrogens (tertiary/aromatic N) is 2. The number of anilines is 1. The van der Waals surface area contributed by atoms with E-state index in [0.717, 1.165) is 36.1 Å². The molecule has 0 aliphatic heterocycles. The fraction of sp³-hybridized carbons (Fsp3) is 0.296. The zero-order chi connectivity index (χ0) is 25.2. The standard InChI is InChI=1S/C27H27N3O5S/c1-33-18-8-6-7-16(13-18)25-29-26-24(19-9-4-5-10-22(19)36-26)27(32)30(25)15-23(31)28-17-11-12-20(34-2)21(14-17)35-3/h6-8,11-14H,4-5,9-10,15H2,1-3H3,(H,28,31). The lowest BCUT2D eigenvalue weighted by atomic mass is 9.97. The highest BCUT2D eigenvalue weighted by Gasteiger charge is 2.24. The summed E-state index contributed by atoms with van der Waals surface area (Å²) in [5.41, 5.74) is 2.14. The van der Waals surface area contributed by atoms with Crippen molar-refractivity contribution in [3.8, 4) is 28.6 Å². The maximum atomic E-state index is 13.9. The van der Waals surface area contributed by atoms with Crippen molar-refractivity contribution in [1.29, 1.82) is 0 Å². The molecular weight excluding hydrogens is 478 g/mol. The van der Waals surface area contributed by atoms with E-state index in [-0.39, 0.29) is 18.0 Å². The average Bonchev–Trinajstić information content (AvgIpc) is 3.28. The Balaban J connectivity index is 1.58. The summed E-state index contributed by atoms with van der Waals surface area (Å²) < 4.78 is 17.5. The molecule has 9 heteroatoms. The molecule has 0 fully saturated rings. The minimum atomic E-state index is -0.348. The molecule has 1 aliphatic rings. The molecule has 0 spiro atoms. The van der Waals surface area contributed by atoms with Gasteiger partial charge in [0.1, 0.15) is 22.9 Å². The summed E-state index contributed by atoms with van der Waals surface area (Å²) in [6.07, 6.45) is 3.99. The Labute approximate surface area is 212 Å². The lowest BCUT2D eigenvalue weighted by molar-refractivity contribution is -0.116. The number of aryl methyl sites for hydroxylation is 2. The van der Waals surface area contributed by atoms with Gasteiger partial charge >= 0.3 is 0 Å². The van der Waals surface area contributed by atoms with Crippen LogP contribution in [0.25, 0.3) is 21.6 Å². The third-order valence-electron chi connectivity index (χ3n) is 6.37. The molecule has 0 saturated heterocycles. The molecule has 0 atom stereocenters. The lowest BCUT2D eigenvalue weighted by Gasteiger charge is -2.15. The quantitative estimate of drug-likeness (QED) is 0.393. The van der Waals surface area contributed by atoms with Crippen LogP contribution in [-0.2, 0) is 24.2 Å². The van der Waals surface area contributed by atoms with Crippen molar-refractivity contribution in [3.05, 3.63) is 63.3 Å². The SMILES string of the molecule is COc1cccc(-c2nc3sc4c(c3c(=O)n2CC(=O)Nc2ccc(OC)c(OC)c2)CCCC4)c1. The zero-order valence-electron chi connectivity index (χ0n) is 20.4. The van der Waals surface area contributed by atoms with E-state index >= 15 is 0 Å². The van der Waals surface area contributed by atoms with E-state index in [1.54, 1.807) is 43.8 Å². The summed E-state index contributed by atoms with van der Waals surface area (Å²) in [5.74, 6) is 1.79. The van der Waals surface area contributed by atoms with E-state index in [1.807, 2.05) is 24.3 Å². The third kappa shape index (κ3) is 4.42. The van der Waals surface area contributed by atoms with Crippen molar-refractivity contribution in [2.24, 2.45) is 0 Å². The van der Waals surface area contributed by atoms with Gasteiger partial charge in [0.25, 0.3) is 5.56 Å². The highest BCUT2D eigenvalue weighted by Crippen LogP contribution is 2.35. The number of carbonyl (C=O) groups excluding carboxylic acids is 1. The Morgan fingerprint density at radius 1 is 1.03 bits per heavy atom. The number of thiophene rings is 1. The molecule has 5 rings (SSSR count). The van der Waals surface area contributed by atoms with Gasteiger partial charge in [-0.1, -0.05) is 12.1 Å². The van der Waals surface area contributed by atoms with Crippen LogP contribution in [0, 0.1) is 0 Å². The fourth-order valence-electron chi connectivity index (χ4n) is 4.63. The molecule has 186 valence electrons. The van der Waals surface area contributed by atoms with Crippen LogP contribution in [0.3, 0.4) is 0 Å². The van der Waals surface area contributed by atoms with Crippen molar-refractivity contribution in [1.82, 2.24) is 9.55 Å². The molecule has 8 nitrogen and oxygen atoms in total. The Hall–Kier alpha value is -3.85. The predicted octanol–water partition coefficient (Wildman–Crippen LogP) is 4.67. The second kappa shape index (κ2) is 10.0. The van der Waals surface area contributed by atoms with E-state index in [9.17, 15) is 9.59 Å². The van der Waals surface area contributed by atoms with Gasteiger partial charge in [0.05, 0.1) is 26.7 Å². The number of carbonyl (C=O) groups is 1. The monoisotopic (exact) mass is 505 g/mol. The van der Waals surface area contributed by atoms with Crippen molar-refractivity contribution < 1.29 is 19.0 Å². The van der Waals surface area contributed by atoms with Crippen LogP contribution in [-0.4, -0.2) is 36.8 Å². The average molecular weight is 506 g/mol. The summed E-state index contributed by atoms with van der Waals surface area (Å²) >= 11 is 1.59. The first-order chi connectivity index (χ1) is 17.5. The van der Waals surface area contributed by atoms with Gasteiger partial charge < -0.3 is 19.5 Å². The van der Waals surface area contributed by atoms with E-state index in [1.165, 1.54) is 16.6 Å². The number of fused-ring (bicyclic) bond motifs is 3. The molecule has 0 radical (unpaired) electrons. The number of benzene rings is 2. The molecule has 0 saturated carbocycles. The van der Waals surface area contributed by atoms with E-state index in [2.05, 4.69) is 5.32 Å². The minimum Gasteiger partial charge on any atom is -0.497 e. The van der Waals surface area contributed by atoms with Crippen molar-refractivity contribution in [2.45, 2.75) is 32.2 Å². The number of methoxy groups -OCH3 is 3. The topological polar surface area (TPSA) is 91.7 Å². The van der Waals surface area contributed by atoms with Crippen LogP contribution in [0.4, 0.5) is 5.69 Å². The Morgan fingerprint density at radius 3 is 2.61 bits per heavy atom. The van der Waals surface area contributed by atoms with Crippen LogP contribution >= 0.6 is 11.3 Å². The number of hydrogen-bond donors (Lipinski definition) is 1. The van der Waals surface area contributed by atoms with E-state index < -0.39 is 0 Å². The summed E-state index contributed by atoms with van der Waals surface area (Å²) in [6, 6.07) is 12.5. The first-order valence-electron chi connectivity index (χ1n) is 11.7. The number of amides is 1. The normalized spacial score (nSPS) is 12.8. The second-order valence-corrected chi connectivity index (χ2v) is 9.65. The van der Waals surface area contributed by atoms with Crippen LogP contribution in [0.1, 0.15) is 23.3 Å². The molecule has 2 aromatic carbocycles. The van der Waals surface area contributed by atoms with Crippen LogP contribution in [0.15, 0.2) is 47.3 Å². The van der Waals surface area contributed by atoms with Crippen LogP contribution < -0.4 is 25.1 Å². The second-order valence-electron chi connectivity index (χ2n) is 8.57. The highest BCUT2D eigenvalue weighted by atomic mass is 32.1. The predicted molar refractivity (Wildman–Crippen MR) is 141 cm³/mol. The summed E-state index contributed by atoms with van der Waals surface area (Å²) in [4.78, 5) is 33.9. The molecule has 1 amide bonds. The molecule has 0 bridgehead atoms. The minimum absolute atomic E-state index is 0.187. The van der Waals surface area contributed by atoms with Gasteiger partial charge in [0.2, 0.25) is 5.91 Å². The summed E-state index contributed by atoms with van der Waals surface area (Å²) in [7, 11) is 4.67. The molecule has 0 unspecified atom stereocenters. The van der Waals surface area contributed by atoms with Gasteiger partial charge in [0.15, 0.2) is 11.5 Å². The molecule has 36 heavy (non-hydrogen) atoms. The van der Waals surface area contributed by atoms with Crippen LogP contribution in [0.5, 0.6) is 17.2 Å². The smallest absolute Gasteiger partial charge is 0.263 e. The van der Waals surface area contributed by atoms with Crippen LogP contribution in [0.2, 0.25) is 0 Å². The molecule has 4 aromatic rings. The highest BCUT2D eigenvalue weighted by molar-refractivity contribution is 7.18. The fourth-order valence-corrected chi connectivity index (χ4v) is 5.88. The van der Waals surface area contributed by atoms with Gasteiger partial charge in [0, 0.05) is 22.2 Å². The van der Waals surface area contributed by atoms with Crippen molar-refractivity contribution >= 4 is 33.1 Å². The summed E-state index contributed by atoms with van der Waals surface area (Å²) in [5, 5.41) is 3.50. The summed E-state index contributed by atoms with van der Waals surface area (Å²) in [6.45, 7) is -0.187. The first kappa shape index (κ1) is 23.9. The molecule has 2 aromatic heterocycles. The maximum absolute atomic E-state index is 13.9. The number of nitrogens with one attached hydrogen (secondary N) is 1. The van der Waals surface area contributed by atoms with E-state index in [0.29, 0.717) is 39.7 Å². The third-order valence-corrected chi connectivity index (χ3v) is 7.56. The Morgan fingerprint density at radius 2 is 1.83 bits per heavy atom. The molecule has 1 aliphatic carbocycles. The van der Waals surface area contributed by atoms with Gasteiger partial charge in [-0.2, -0.15) is 0 Å². The molecule has 1 N–H and O–H groups in total. The lowest BCUT2D eigenvalue weighted by Crippen LogP contribution is -2.30. The van der Waals surface area contributed by atoms with Gasteiger partial charge in [-0.15, -0.1) is 11.3 Å². The molecular formula is C27H27N3O5S. The first-order valence-corrected chi connectivity index (χ1v) is 12.6. The number of hydrogen-bond acceptors (Lipinski definition) is 7. The van der Waals surface area contributed by atoms with Gasteiger partial charge in [-0.25, -0.2) is 4.98 Å². The molecule has 2 heterocycles. The largest absolute Gasteiger partial charge is 0.497 e. The Kier molecular flexibility index (Phi) is 6.65. The van der Waals surface area contributed by atoms with Gasteiger partial charge in [-0.05, 0) is 55.5 Å². The zero-order valence-corrected chi connectivity index (χ0v) is 21.2. The number of rotatable bonds is 7. The van der Waals surface area contributed by atoms with Crippen molar-refractivity contribution in [3.63, 3.8) is 0 Å². The van der Waals surface area contributed by atoms with Gasteiger partial charge in [-0.3, -0.25) is 14.2 Å². The number of ether oxygens (including phenoxy) is 3. The Bertz CT molecular complexity index is 1510.